The van der Waals surface area contributed by atoms with Crippen LogP contribution in [0.15, 0.2) is 18.2 Å². The predicted molar refractivity (Wildman–Crippen MR) is 92.5 cm³/mol. The number of imide groups is 1. The van der Waals surface area contributed by atoms with Crippen molar-refractivity contribution in [3.63, 3.8) is 0 Å². The van der Waals surface area contributed by atoms with Gasteiger partial charge < -0.3 is 10.1 Å². The molecule has 2 heterocycles. The van der Waals surface area contributed by atoms with Crippen molar-refractivity contribution < 1.29 is 19.1 Å². The largest absolute Gasteiger partial charge is 0.376 e. The molecule has 1 aromatic rings. The second-order valence-electron chi connectivity index (χ2n) is 7.12. The second-order valence-corrected chi connectivity index (χ2v) is 7.12. The van der Waals surface area contributed by atoms with Crippen molar-refractivity contribution in [2.75, 3.05) is 13.2 Å². The Bertz CT molecular complexity index is 707. The highest BCUT2D eigenvalue weighted by Gasteiger charge is 2.38. The van der Waals surface area contributed by atoms with E-state index in [2.05, 4.69) is 5.32 Å². The van der Waals surface area contributed by atoms with Gasteiger partial charge in [-0.1, -0.05) is 13.8 Å². The number of rotatable bonds is 5. The van der Waals surface area contributed by atoms with Gasteiger partial charge in [0.1, 0.15) is 0 Å². The minimum atomic E-state index is -0.345. The molecule has 0 aromatic heterocycles. The summed E-state index contributed by atoms with van der Waals surface area (Å²) in [5.74, 6) is -0.578. The van der Waals surface area contributed by atoms with Crippen LogP contribution in [-0.2, 0) is 4.74 Å². The fourth-order valence-corrected chi connectivity index (χ4v) is 3.05. The lowest BCUT2D eigenvalue weighted by Gasteiger charge is -2.18. The lowest BCUT2D eigenvalue weighted by molar-refractivity contribution is 0.0475. The number of carbonyl (C=O) groups is 3. The summed E-state index contributed by atoms with van der Waals surface area (Å²) in [6.45, 7) is 6.94. The van der Waals surface area contributed by atoms with Crippen LogP contribution < -0.4 is 5.32 Å². The van der Waals surface area contributed by atoms with E-state index < -0.39 is 0 Å². The first-order valence-electron chi connectivity index (χ1n) is 8.81. The molecule has 25 heavy (non-hydrogen) atoms. The molecule has 3 amide bonds. The molecule has 2 aliphatic heterocycles. The highest BCUT2D eigenvalue weighted by atomic mass is 16.5. The molecule has 0 radical (unpaired) electrons. The molecule has 0 bridgehead atoms. The van der Waals surface area contributed by atoms with Crippen LogP contribution in [0.3, 0.4) is 0 Å². The molecule has 3 rings (SSSR count). The molecule has 1 aromatic carbocycles. The zero-order chi connectivity index (χ0) is 18.1. The second kappa shape index (κ2) is 6.96. The molecular formula is C19H24N2O4. The Hall–Kier alpha value is -2.21. The Morgan fingerprint density at radius 2 is 1.96 bits per heavy atom. The fourth-order valence-electron chi connectivity index (χ4n) is 3.05. The molecular weight excluding hydrogens is 320 g/mol. The zero-order valence-electron chi connectivity index (χ0n) is 14.9. The Morgan fingerprint density at radius 1 is 1.24 bits per heavy atom. The third kappa shape index (κ3) is 3.44. The van der Waals surface area contributed by atoms with Crippen LogP contribution in [0, 0.1) is 5.92 Å². The molecule has 6 nitrogen and oxygen atoms in total. The minimum absolute atomic E-state index is 0.0223. The summed E-state index contributed by atoms with van der Waals surface area (Å²) in [4.78, 5) is 38.7. The van der Waals surface area contributed by atoms with E-state index in [-0.39, 0.29) is 36.4 Å². The first kappa shape index (κ1) is 17.6. The van der Waals surface area contributed by atoms with Crippen LogP contribution in [-0.4, -0.2) is 47.9 Å². The summed E-state index contributed by atoms with van der Waals surface area (Å²) in [5, 5.41) is 2.91. The van der Waals surface area contributed by atoms with Gasteiger partial charge in [-0.2, -0.15) is 0 Å². The first-order chi connectivity index (χ1) is 11.9. The number of nitrogens with one attached hydrogen (secondary N) is 1. The lowest BCUT2D eigenvalue weighted by atomic mass is 10.0. The Labute approximate surface area is 147 Å². The standard InChI is InChI=1S/C19H24N2O4/c1-11(2)12(3)20-17(22)13-6-7-15-16(9-13)19(24)21(18(15)23)10-14-5-4-8-25-14/h6-7,9,11-12,14H,4-5,8,10H2,1-3H3,(H,20,22). The van der Waals surface area contributed by atoms with Gasteiger partial charge in [-0.05, 0) is 43.9 Å². The Kier molecular flexibility index (Phi) is 4.90. The quantitative estimate of drug-likeness (QED) is 0.831. The predicted octanol–water partition coefficient (Wildman–Crippen LogP) is 2.24. The van der Waals surface area contributed by atoms with E-state index in [9.17, 15) is 14.4 Å². The highest BCUT2D eigenvalue weighted by Crippen LogP contribution is 2.26. The summed E-state index contributed by atoms with van der Waals surface area (Å²) in [5.41, 5.74) is 1.05. The molecule has 2 aliphatic rings. The summed E-state index contributed by atoms with van der Waals surface area (Å²) >= 11 is 0. The molecule has 2 unspecified atom stereocenters. The van der Waals surface area contributed by atoms with E-state index in [1.165, 1.54) is 11.0 Å². The molecule has 0 saturated carbocycles. The number of amides is 3. The van der Waals surface area contributed by atoms with Crippen LogP contribution >= 0.6 is 0 Å². The van der Waals surface area contributed by atoms with Gasteiger partial charge in [-0.25, -0.2) is 0 Å². The van der Waals surface area contributed by atoms with Gasteiger partial charge in [0.05, 0.1) is 23.8 Å². The number of hydrogen-bond acceptors (Lipinski definition) is 4. The number of nitrogens with zero attached hydrogens (tertiary/aromatic N) is 1. The van der Waals surface area contributed by atoms with Crippen molar-refractivity contribution in [3.05, 3.63) is 34.9 Å². The van der Waals surface area contributed by atoms with E-state index in [1.54, 1.807) is 12.1 Å². The van der Waals surface area contributed by atoms with E-state index in [0.29, 0.717) is 29.2 Å². The molecule has 1 fully saturated rings. The van der Waals surface area contributed by atoms with Crippen molar-refractivity contribution in [2.24, 2.45) is 5.92 Å². The van der Waals surface area contributed by atoms with Gasteiger partial charge in [-0.15, -0.1) is 0 Å². The normalized spacial score (nSPS) is 21.0. The maximum atomic E-state index is 12.6. The van der Waals surface area contributed by atoms with Gasteiger partial charge in [0.25, 0.3) is 17.7 Å². The van der Waals surface area contributed by atoms with Crippen molar-refractivity contribution >= 4 is 17.7 Å². The number of fused-ring (bicyclic) bond motifs is 1. The summed E-state index contributed by atoms with van der Waals surface area (Å²) in [6.07, 6.45) is 1.72. The summed E-state index contributed by atoms with van der Waals surface area (Å²) in [7, 11) is 0. The Morgan fingerprint density at radius 3 is 2.60 bits per heavy atom. The average Bonchev–Trinajstić information content (AvgIpc) is 3.17. The van der Waals surface area contributed by atoms with Crippen molar-refractivity contribution in [1.29, 1.82) is 0 Å². The highest BCUT2D eigenvalue weighted by molar-refractivity contribution is 6.22. The van der Waals surface area contributed by atoms with Crippen molar-refractivity contribution in [2.45, 2.75) is 45.8 Å². The molecule has 2 atom stereocenters. The van der Waals surface area contributed by atoms with Gasteiger partial charge in [0.2, 0.25) is 0 Å². The lowest BCUT2D eigenvalue weighted by Crippen LogP contribution is -2.36. The maximum Gasteiger partial charge on any atom is 0.261 e. The topological polar surface area (TPSA) is 75.7 Å². The SMILES string of the molecule is CC(C)C(C)NC(=O)c1ccc2c(c1)C(=O)N(CC1CCCO1)C2=O. The molecule has 6 heteroatoms. The van der Waals surface area contributed by atoms with Gasteiger partial charge in [0.15, 0.2) is 0 Å². The smallest absolute Gasteiger partial charge is 0.261 e. The zero-order valence-corrected chi connectivity index (χ0v) is 14.9. The molecule has 1 saturated heterocycles. The Balaban J connectivity index is 1.77. The van der Waals surface area contributed by atoms with Crippen LogP contribution in [0.5, 0.6) is 0 Å². The molecule has 0 aliphatic carbocycles. The third-order valence-electron chi connectivity index (χ3n) is 5.00. The number of hydrogen-bond donors (Lipinski definition) is 1. The maximum absolute atomic E-state index is 12.6. The fraction of sp³-hybridized carbons (Fsp3) is 0.526. The van der Waals surface area contributed by atoms with Gasteiger partial charge >= 0.3 is 0 Å². The van der Waals surface area contributed by atoms with Gasteiger partial charge in [-0.3, -0.25) is 19.3 Å². The van der Waals surface area contributed by atoms with E-state index in [1.807, 2.05) is 20.8 Å². The molecule has 0 spiro atoms. The monoisotopic (exact) mass is 344 g/mol. The summed E-state index contributed by atoms with van der Waals surface area (Å²) in [6, 6.07) is 4.71. The van der Waals surface area contributed by atoms with E-state index in [4.69, 9.17) is 4.74 Å². The van der Waals surface area contributed by atoms with Gasteiger partial charge in [0, 0.05) is 18.2 Å². The van der Waals surface area contributed by atoms with Crippen LogP contribution in [0.4, 0.5) is 0 Å². The van der Waals surface area contributed by atoms with Crippen LogP contribution in [0.25, 0.3) is 0 Å². The first-order valence-corrected chi connectivity index (χ1v) is 8.81. The molecule has 134 valence electrons. The molecule has 1 N–H and O–H groups in total. The van der Waals surface area contributed by atoms with Crippen molar-refractivity contribution in [1.82, 2.24) is 10.2 Å². The van der Waals surface area contributed by atoms with E-state index >= 15 is 0 Å². The summed E-state index contributed by atoms with van der Waals surface area (Å²) < 4.78 is 5.53. The number of benzene rings is 1. The average molecular weight is 344 g/mol. The minimum Gasteiger partial charge on any atom is -0.376 e. The van der Waals surface area contributed by atoms with E-state index in [0.717, 1.165) is 12.8 Å². The van der Waals surface area contributed by atoms with Crippen molar-refractivity contribution in [3.8, 4) is 0 Å². The van der Waals surface area contributed by atoms with Crippen LogP contribution in [0.2, 0.25) is 0 Å². The number of ether oxygens (including phenoxy) is 1. The third-order valence-corrected chi connectivity index (χ3v) is 5.00. The number of carbonyl (C=O) groups excluding carboxylic acids is 3. The van der Waals surface area contributed by atoms with Crippen LogP contribution in [0.1, 0.15) is 64.7 Å².